The predicted molar refractivity (Wildman–Crippen MR) is 99.4 cm³/mol. The Morgan fingerprint density at radius 3 is 2.88 bits per heavy atom. The van der Waals surface area contributed by atoms with Gasteiger partial charge in [0.15, 0.2) is 5.96 Å². The zero-order valence-electron chi connectivity index (χ0n) is 15.6. The molecule has 2 saturated heterocycles. The molecule has 3 rings (SSSR count). The molecular formula is C19H34N4O2. The highest BCUT2D eigenvalue weighted by atomic mass is 16.3. The van der Waals surface area contributed by atoms with Gasteiger partial charge in [0, 0.05) is 38.0 Å². The van der Waals surface area contributed by atoms with Crippen molar-refractivity contribution >= 4 is 11.9 Å². The van der Waals surface area contributed by atoms with Crippen molar-refractivity contribution in [2.24, 2.45) is 16.3 Å². The summed E-state index contributed by atoms with van der Waals surface area (Å²) in [5.74, 6) is 1.48. The van der Waals surface area contributed by atoms with Crippen molar-refractivity contribution in [3.8, 4) is 0 Å². The Morgan fingerprint density at radius 1 is 1.40 bits per heavy atom. The van der Waals surface area contributed by atoms with Crippen LogP contribution in [0, 0.1) is 11.3 Å². The molecule has 6 nitrogen and oxygen atoms in total. The number of amides is 1. The molecule has 0 bridgehead atoms. The molecule has 1 aliphatic carbocycles. The van der Waals surface area contributed by atoms with Crippen molar-refractivity contribution in [2.45, 2.75) is 64.4 Å². The topological polar surface area (TPSA) is 77.0 Å². The summed E-state index contributed by atoms with van der Waals surface area (Å²) in [6.45, 7) is 6.00. The highest BCUT2D eigenvalue weighted by Gasteiger charge is 2.42. The second kappa shape index (κ2) is 8.39. The number of rotatable bonds is 4. The molecule has 0 aromatic rings. The van der Waals surface area contributed by atoms with Gasteiger partial charge in [0.05, 0.1) is 12.6 Å². The zero-order chi connectivity index (χ0) is 17.7. The first kappa shape index (κ1) is 18.5. The van der Waals surface area contributed by atoms with E-state index < -0.39 is 0 Å². The van der Waals surface area contributed by atoms with Gasteiger partial charge in [-0.25, -0.2) is 0 Å². The molecule has 3 aliphatic rings. The monoisotopic (exact) mass is 350 g/mol. The minimum absolute atomic E-state index is 0.0630. The second-order valence-electron chi connectivity index (χ2n) is 8.14. The molecule has 1 saturated carbocycles. The SMILES string of the molecule is CCNC(=NCC(O)C1CCCCC1)N1CCCC2(CNC(=O)C2)C1. The number of nitrogens with zero attached hydrogens (tertiary/aromatic N) is 2. The van der Waals surface area contributed by atoms with Crippen LogP contribution in [0.2, 0.25) is 0 Å². The van der Waals surface area contributed by atoms with E-state index in [1.54, 1.807) is 0 Å². The molecule has 0 radical (unpaired) electrons. The summed E-state index contributed by atoms with van der Waals surface area (Å²) < 4.78 is 0. The number of hydrogen-bond donors (Lipinski definition) is 3. The van der Waals surface area contributed by atoms with Crippen LogP contribution in [-0.2, 0) is 4.79 Å². The first-order valence-corrected chi connectivity index (χ1v) is 10.1. The van der Waals surface area contributed by atoms with E-state index in [1.807, 2.05) is 0 Å². The van der Waals surface area contributed by atoms with Gasteiger partial charge in [-0.05, 0) is 38.5 Å². The van der Waals surface area contributed by atoms with Crippen LogP contribution in [0.25, 0.3) is 0 Å². The summed E-state index contributed by atoms with van der Waals surface area (Å²) in [6.07, 6.45) is 8.54. The fourth-order valence-electron chi connectivity index (χ4n) is 4.70. The van der Waals surface area contributed by atoms with E-state index in [9.17, 15) is 9.90 Å². The number of nitrogens with one attached hydrogen (secondary N) is 2. The van der Waals surface area contributed by atoms with Crippen molar-refractivity contribution in [2.75, 3.05) is 32.7 Å². The number of aliphatic hydroxyl groups is 1. The standard InChI is InChI=1S/C19H34N4O2/c1-2-20-18(21-12-16(24)15-7-4-3-5-8-15)23-10-6-9-19(14-23)11-17(25)22-13-19/h15-16,24H,2-14H2,1H3,(H,20,21)(H,22,25). The Morgan fingerprint density at radius 2 is 2.20 bits per heavy atom. The first-order valence-electron chi connectivity index (χ1n) is 10.1. The molecule has 142 valence electrons. The Hall–Kier alpha value is -1.30. The van der Waals surface area contributed by atoms with Gasteiger partial charge in [0.1, 0.15) is 0 Å². The number of carbonyl (C=O) groups is 1. The van der Waals surface area contributed by atoms with E-state index in [1.165, 1.54) is 19.3 Å². The summed E-state index contributed by atoms with van der Waals surface area (Å²) in [4.78, 5) is 18.8. The maximum atomic E-state index is 11.7. The van der Waals surface area contributed by atoms with Crippen LogP contribution in [-0.4, -0.2) is 60.7 Å². The normalized spacial score (nSPS) is 29.8. The quantitative estimate of drug-likeness (QED) is 0.530. The summed E-state index contributed by atoms with van der Waals surface area (Å²) >= 11 is 0. The average molecular weight is 351 g/mol. The molecule has 3 fully saturated rings. The van der Waals surface area contributed by atoms with E-state index >= 15 is 0 Å². The molecule has 2 unspecified atom stereocenters. The average Bonchev–Trinajstić information content (AvgIpc) is 2.99. The van der Waals surface area contributed by atoms with Crippen LogP contribution in [0.4, 0.5) is 0 Å². The number of hydrogen-bond acceptors (Lipinski definition) is 3. The lowest BCUT2D eigenvalue weighted by Gasteiger charge is -2.41. The fraction of sp³-hybridized carbons (Fsp3) is 0.895. The smallest absolute Gasteiger partial charge is 0.220 e. The molecule has 1 amide bonds. The van der Waals surface area contributed by atoms with Gasteiger partial charge >= 0.3 is 0 Å². The van der Waals surface area contributed by atoms with Gasteiger partial charge in [-0.3, -0.25) is 9.79 Å². The van der Waals surface area contributed by atoms with E-state index in [4.69, 9.17) is 4.99 Å². The Balaban J connectivity index is 1.62. The van der Waals surface area contributed by atoms with Crippen molar-refractivity contribution < 1.29 is 9.90 Å². The highest BCUT2D eigenvalue weighted by Crippen LogP contribution is 2.36. The number of guanidine groups is 1. The Bertz CT molecular complexity index is 490. The summed E-state index contributed by atoms with van der Waals surface area (Å²) in [5.41, 5.74) is 0.0630. The molecule has 2 aliphatic heterocycles. The lowest BCUT2D eigenvalue weighted by molar-refractivity contribution is -0.119. The van der Waals surface area contributed by atoms with Crippen molar-refractivity contribution in [3.63, 3.8) is 0 Å². The van der Waals surface area contributed by atoms with Gasteiger partial charge in [-0.15, -0.1) is 0 Å². The van der Waals surface area contributed by atoms with Crippen LogP contribution in [0.15, 0.2) is 4.99 Å². The molecule has 25 heavy (non-hydrogen) atoms. The van der Waals surface area contributed by atoms with Crippen LogP contribution in [0.3, 0.4) is 0 Å². The predicted octanol–water partition coefficient (Wildman–Crippen LogP) is 1.50. The zero-order valence-corrected chi connectivity index (χ0v) is 15.6. The van der Waals surface area contributed by atoms with E-state index in [-0.39, 0.29) is 17.4 Å². The maximum absolute atomic E-state index is 11.7. The van der Waals surface area contributed by atoms with Crippen molar-refractivity contribution in [1.82, 2.24) is 15.5 Å². The van der Waals surface area contributed by atoms with Gasteiger partial charge in [0.25, 0.3) is 0 Å². The van der Waals surface area contributed by atoms with Gasteiger partial charge in [0.2, 0.25) is 5.91 Å². The highest BCUT2D eigenvalue weighted by molar-refractivity contribution is 5.81. The molecule has 0 aromatic carbocycles. The van der Waals surface area contributed by atoms with E-state index in [0.717, 1.165) is 57.8 Å². The number of aliphatic imine (C=N–C) groups is 1. The van der Waals surface area contributed by atoms with E-state index in [2.05, 4.69) is 22.5 Å². The Labute approximate surface area is 151 Å². The molecule has 0 aromatic heterocycles. The van der Waals surface area contributed by atoms with Crippen LogP contribution in [0.5, 0.6) is 0 Å². The molecule has 2 atom stereocenters. The summed E-state index contributed by atoms with van der Waals surface area (Å²) in [6, 6.07) is 0. The summed E-state index contributed by atoms with van der Waals surface area (Å²) in [7, 11) is 0. The van der Waals surface area contributed by atoms with Crippen LogP contribution in [0.1, 0.15) is 58.3 Å². The molecule has 3 N–H and O–H groups in total. The third-order valence-corrected chi connectivity index (χ3v) is 6.11. The molecule has 6 heteroatoms. The van der Waals surface area contributed by atoms with Gasteiger partial charge in [-0.1, -0.05) is 19.3 Å². The number of aliphatic hydroxyl groups excluding tert-OH is 1. The summed E-state index contributed by atoms with van der Waals surface area (Å²) in [5, 5.41) is 16.9. The third-order valence-electron chi connectivity index (χ3n) is 6.11. The lowest BCUT2D eigenvalue weighted by atomic mass is 9.79. The number of carbonyl (C=O) groups excluding carboxylic acids is 1. The number of piperidine rings is 1. The van der Waals surface area contributed by atoms with Crippen LogP contribution < -0.4 is 10.6 Å². The maximum Gasteiger partial charge on any atom is 0.220 e. The minimum atomic E-state index is -0.331. The molecular weight excluding hydrogens is 316 g/mol. The van der Waals surface area contributed by atoms with Gasteiger partial charge in [-0.2, -0.15) is 0 Å². The largest absolute Gasteiger partial charge is 0.391 e. The van der Waals surface area contributed by atoms with Crippen LogP contribution >= 0.6 is 0 Å². The van der Waals surface area contributed by atoms with E-state index in [0.29, 0.717) is 18.9 Å². The Kier molecular flexibility index (Phi) is 6.20. The molecule has 1 spiro atoms. The first-order chi connectivity index (χ1) is 12.1. The minimum Gasteiger partial charge on any atom is -0.391 e. The number of likely N-dealkylation sites (tertiary alicyclic amines) is 1. The van der Waals surface area contributed by atoms with Gasteiger partial charge < -0.3 is 20.6 Å². The fourth-order valence-corrected chi connectivity index (χ4v) is 4.70. The van der Waals surface area contributed by atoms with Crippen molar-refractivity contribution in [3.05, 3.63) is 0 Å². The van der Waals surface area contributed by atoms with Crippen molar-refractivity contribution in [1.29, 1.82) is 0 Å². The lowest BCUT2D eigenvalue weighted by Crippen LogP contribution is -2.51. The molecule has 2 heterocycles. The second-order valence-corrected chi connectivity index (χ2v) is 8.14. The third kappa shape index (κ3) is 4.66.